The van der Waals surface area contributed by atoms with E-state index in [1.807, 2.05) is 74.7 Å². The van der Waals surface area contributed by atoms with Gasteiger partial charge in [0.15, 0.2) is 5.75 Å². The molecule has 2 heterocycles. The third kappa shape index (κ3) is 7.57. The fourth-order valence-corrected chi connectivity index (χ4v) is 5.26. The van der Waals surface area contributed by atoms with Gasteiger partial charge in [-0.05, 0) is 46.2 Å². The maximum atomic E-state index is 13.3. The molecule has 3 N–H and O–H groups in total. The molecule has 0 spiro atoms. The SMILES string of the molecule is COc1c(NC(=O)Nc2ccc(-c3ccc(CN4CCOCC4)nc3)c3ccccc23)cc(C(C)(C)C)cc1NC(=O)C(F)(F)F. The number of alkyl halides is 3. The molecule has 1 fully saturated rings. The predicted octanol–water partition coefficient (Wildman–Crippen LogP) is 7.18. The minimum atomic E-state index is -5.11. The topological polar surface area (TPSA) is 105 Å². The highest BCUT2D eigenvalue weighted by molar-refractivity contribution is 6.10. The van der Waals surface area contributed by atoms with Crippen molar-refractivity contribution in [3.8, 4) is 16.9 Å². The van der Waals surface area contributed by atoms with E-state index in [-0.39, 0.29) is 17.1 Å². The molecule has 46 heavy (non-hydrogen) atoms. The monoisotopic (exact) mass is 635 g/mol. The van der Waals surface area contributed by atoms with Crippen molar-refractivity contribution in [2.75, 3.05) is 49.4 Å². The van der Waals surface area contributed by atoms with E-state index in [9.17, 15) is 22.8 Å². The second-order valence-electron chi connectivity index (χ2n) is 12.0. The molecular formula is C34H36F3N5O4. The molecule has 3 amide bonds. The third-order valence-corrected chi connectivity index (χ3v) is 7.71. The highest BCUT2D eigenvalue weighted by atomic mass is 19.4. The van der Waals surface area contributed by atoms with Crippen molar-refractivity contribution in [3.05, 3.63) is 78.1 Å². The van der Waals surface area contributed by atoms with Gasteiger partial charge in [-0.1, -0.05) is 57.2 Å². The highest BCUT2D eigenvalue weighted by Crippen LogP contribution is 2.40. The third-order valence-electron chi connectivity index (χ3n) is 7.71. The Morgan fingerprint density at radius 1 is 0.891 bits per heavy atom. The second-order valence-corrected chi connectivity index (χ2v) is 12.0. The number of ether oxygens (including phenoxy) is 2. The number of nitrogens with one attached hydrogen (secondary N) is 3. The van der Waals surface area contributed by atoms with Crippen LogP contribution in [0.5, 0.6) is 5.75 Å². The number of aromatic nitrogens is 1. The molecular weight excluding hydrogens is 599 g/mol. The summed E-state index contributed by atoms with van der Waals surface area (Å²) in [5.74, 6) is -2.27. The number of pyridine rings is 1. The first-order valence-electron chi connectivity index (χ1n) is 14.8. The minimum Gasteiger partial charge on any atom is -0.492 e. The zero-order chi connectivity index (χ0) is 33.1. The zero-order valence-corrected chi connectivity index (χ0v) is 26.0. The maximum Gasteiger partial charge on any atom is 0.471 e. The van der Waals surface area contributed by atoms with Gasteiger partial charge in [0, 0.05) is 36.8 Å². The van der Waals surface area contributed by atoms with Crippen molar-refractivity contribution >= 4 is 39.8 Å². The summed E-state index contributed by atoms with van der Waals surface area (Å²) in [7, 11) is 1.24. The predicted molar refractivity (Wildman–Crippen MR) is 172 cm³/mol. The number of benzene rings is 3. The van der Waals surface area contributed by atoms with Crippen LogP contribution in [0, 0.1) is 0 Å². The molecule has 5 rings (SSSR count). The van der Waals surface area contributed by atoms with E-state index in [4.69, 9.17) is 9.47 Å². The Bertz CT molecular complexity index is 1730. The van der Waals surface area contributed by atoms with Crippen LogP contribution in [0.15, 0.2) is 66.9 Å². The summed E-state index contributed by atoms with van der Waals surface area (Å²) in [5.41, 5.74) is 3.27. The van der Waals surface area contributed by atoms with Gasteiger partial charge in [-0.25, -0.2) is 4.79 Å². The van der Waals surface area contributed by atoms with Crippen molar-refractivity contribution in [1.29, 1.82) is 0 Å². The van der Waals surface area contributed by atoms with E-state index in [0.29, 0.717) is 11.3 Å². The Labute approximate surface area is 265 Å². The van der Waals surface area contributed by atoms with Crippen LogP contribution in [0.3, 0.4) is 0 Å². The number of halogens is 3. The maximum absolute atomic E-state index is 13.3. The largest absolute Gasteiger partial charge is 0.492 e. The van der Waals surface area contributed by atoms with Crippen molar-refractivity contribution in [2.45, 2.75) is 38.9 Å². The van der Waals surface area contributed by atoms with Gasteiger partial charge in [0.2, 0.25) is 0 Å². The number of morpholine rings is 1. The number of fused-ring (bicyclic) bond motifs is 1. The molecule has 4 aromatic rings. The lowest BCUT2D eigenvalue weighted by atomic mass is 9.86. The fraction of sp³-hybridized carbons (Fsp3) is 0.324. The van der Waals surface area contributed by atoms with Gasteiger partial charge in [0.05, 0.1) is 43.1 Å². The van der Waals surface area contributed by atoms with Gasteiger partial charge in [0.1, 0.15) is 0 Å². The van der Waals surface area contributed by atoms with E-state index < -0.39 is 23.5 Å². The van der Waals surface area contributed by atoms with Crippen LogP contribution >= 0.6 is 0 Å². The average Bonchev–Trinajstić information content (AvgIpc) is 3.01. The molecule has 9 nitrogen and oxygen atoms in total. The van der Waals surface area contributed by atoms with Crippen LogP contribution < -0.4 is 20.7 Å². The van der Waals surface area contributed by atoms with E-state index in [1.54, 1.807) is 12.1 Å². The van der Waals surface area contributed by atoms with Crippen LogP contribution in [0.2, 0.25) is 0 Å². The van der Waals surface area contributed by atoms with Gasteiger partial charge < -0.3 is 25.4 Å². The first kappa shape index (κ1) is 32.7. The lowest BCUT2D eigenvalue weighted by Crippen LogP contribution is -2.35. The molecule has 0 aliphatic carbocycles. The molecule has 1 aliphatic rings. The number of carbonyl (C=O) groups is 2. The number of methoxy groups -OCH3 is 1. The molecule has 0 unspecified atom stereocenters. The van der Waals surface area contributed by atoms with E-state index >= 15 is 0 Å². The molecule has 1 aromatic heterocycles. The number of carbonyl (C=O) groups excluding carboxylic acids is 2. The van der Waals surface area contributed by atoms with Gasteiger partial charge in [-0.2, -0.15) is 13.2 Å². The number of rotatable bonds is 7. The van der Waals surface area contributed by atoms with Gasteiger partial charge in [0.25, 0.3) is 0 Å². The summed E-state index contributed by atoms with van der Waals surface area (Å²) in [6.45, 7) is 9.52. The van der Waals surface area contributed by atoms with Crippen LogP contribution in [0.1, 0.15) is 32.0 Å². The second kappa shape index (κ2) is 13.4. The Hall–Kier alpha value is -4.68. The number of urea groups is 1. The van der Waals surface area contributed by atoms with Gasteiger partial charge in [-0.3, -0.25) is 14.7 Å². The number of hydrogen-bond donors (Lipinski definition) is 3. The Balaban J connectivity index is 1.40. The molecule has 242 valence electrons. The van der Waals surface area contributed by atoms with Crippen LogP contribution in [-0.4, -0.2) is 61.4 Å². The molecule has 3 aromatic carbocycles. The summed E-state index contributed by atoms with van der Waals surface area (Å²) < 4.78 is 50.0. The molecule has 0 radical (unpaired) electrons. The Kier molecular flexibility index (Phi) is 9.50. The van der Waals surface area contributed by atoms with E-state index in [0.717, 1.165) is 60.4 Å². The molecule has 0 atom stereocenters. The molecule has 1 aliphatic heterocycles. The lowest BCUT2D eigenvalue weighted by molar-refractivity contribution is -0.167. The number of hydrogen-bond acceptors (Lipinski definition) is 6. The smallest absolute Gasteiger partial charge is 0.471 e. The van der Waals surface area contributed by atoms with Crippen LogP contribution in [0.4, 0.5) is 35.0 Å². The van der Waals surface area contributed by atoms with Gasteiger partial charge >= 0.3 is 18.1 Å². The zero-order valence-electron chi connectivity index (χ0n) is 26.0. The van der Waals surface area contributed by atoms with Crippen molar-refractivity contribution in [2.24, 2.45) is 0 Å². The van der Waals surface area contributed by atoms with Crippen LogP contribution in [-0.2, 0) is 21.5 Å². The number of amides is 3. The number of nitrogens with zero attached hydrogens (tertiary/aromatic N) is 2. The normalized spacial score (nSPS) is 14.2. The van der Waals surface area contributed by atoms with Crippen LogP contribution in [0.25, 0.3) is 21.9 Å². The summed E-state index contributed by atoms with van der Waals surface area (Å²) in [4.78, 5) is 32.1. The average molecular weight is 636 g/mol. The van der Waals surface area contributed by atoms with Gasteiger partial charge in [-0.15, -0.1) is 0 Å². The van der Waals surface area contributed by atoms with Crippen molar-refractivity contribution in [1.82, 2.24) is 9.88 Å². The van der Waals surface area contributed by atoms with E-state index in [2.05, 4.69) is 20.5 Å². The highest BCUT2D eigenvalue weighted by Gasteiger charge is 2.39. The summed E-state index contributed by atoms with van der Waals surface area (Å²) in [5, 5.41) is 9.10. The van der Waals surface area contributed by atoms with E-state index in [1.165, 1.54) is 13.2 Å². The molecule has 1 saturated heterocycles. The first-order valence-corrected chi connectivity index (χ1v) is 14.8. The molecule has 0 saturated carbocycles. The number of anilines is 3. The lowest BCUT2D eigenvalue weighted by Gasteiger charge is -2.26. The fourth-order valence-electron chi connectivity index (χ4n) is 5.26. The minimum absolute atomic E-state index is 0.0917. The summed E-state index contributed by atoms with van der Waals surface area (Å²) in [6, 6.07) is 17.7. The molecule has 0 bridgehead atoms. The van der Waals surface area contributed by atoms with Crippen molar-refractivity contribution < 1.29 is 32.2 Å². The Morgan fingerprint density at radius 2 is 1.54 bits per heavy atom. The Morgan fingerprint density at radius 3 is 2.15 bits per heavy atom. The summed E-state index contributed by atoms with van der Waals surface area (Å²) in [6.07, 6.45) is -3.26. The first-order chi connectivity index (χ1) is 21.8. The standard InChI is InChI=1S/C34H36F3N5O4/c1-33(2,3)22-17-28(39-31(43)34(35,36)37)30(45-4)29(18-22)41-32(44)40-27-12-11-24(25-7-5-6-8-26(25)27)21-9-10-23(38-19-21)20-42-13-15-46-16-14-42/h5-12,17-19H,13-16,20H2,1-4H3,(H,39,43)(H2,40,41,44). The quantitative estimate of drug-likeness (QED) is 0.199. The summed E-state index contributed by atoms with van der Waals surface area (Å²) >= 11 is 0. The molecule has 12 heteroatoms. The van der Waals surface area contributed by atoms with Crippen molar-refractivity contribution in [3.63, 3.8) is 0 Å².